The first-order valence-corrected chi connectivity index (χ1v) is 12.8. The number of nitrogens with one attached hydrogen (secondary N) is 2. The van der Waals surface area contributed by atoms with Crippen molar-refractivity contribution in [1.82, 2.24) is 19.8 Å². The number of benzene rings is 2. The third-order valence-electron chi connectivity index (χ3n) is 6.82. The number of amides is 1. The largest absolute Gasteiger partial charge is 0.366 e. The van der Waals surface area contributed by atoms with Crippen LogP contribution in [0.2, 0.25) is 0 Å². The Morgan fingerprint density at radius 3 is 2.72 bits per heavy atom. The molecule has 1 saturated heterocycles. The molecule has 36 heavy (non-hydrogen) atoms. The Bertz CT molecular complexity index is 1250. The van der Waals surface area contributed by atoms with Gasteiger partial charge >= 0.3 is 0 Å². The van der Waals surface area contributed by atoms with Crippen molar-refractivity contribution in [3.05, 3.63) is 88.9 Å². The Morgan fingerprint density at radius 2 is 1.92 bits per heavy atom. The van der Waals surface area contributed by atoms with Crippen molar-refractivity contribution >= 4 is 11.7 Å². The summed E-state index contributed by atoms with van der Waals surface area (Å²) in [6.45, 7) is 5.07. The van der Waals surface area contributed by atoms with E-state index < -0.39 is 0 Å². The van der Waals surface area contributed by atoms with Crippen LogP contribution in [0.5, 0.6) is 0 Å². The minimum Gasteiger partial charge on any atom is -0.366 e. The molecular formula is C28H33FN6O. The van der Waals surface area contributed by atoms with Crippen molar-refractivity contribution in [3.8, 4) is 0 Å². The van der Waals surface area contributed by atoms with E-state index >= 15 is 0 Å². The van der Waals surface area contributed by atoms with E-state index in [-0.39, 0.29) is 24.3 Å². The molecule has 3 aromatic rings. The number of likely N-dealkylation sites (tertiary alicyclic amines) is 1. The van der Waals surface area contributed by atoms with Crippen LogP contribution in [-0.4, -0.2) is 52.6 Å². The third kappa shape index (κ3) is 5.99. The van der Waals surface area contributed by atoms with Crippen molar-refractivity contribution in [2.45, 2.75) is 44.8 Å². The zero-order chi connectivity index (χ0) is 24.7. The lowest BCUT2D eigenvalue weighted by Crippen LogP contribution is -2.29. The average molecular weight is 489 g/mol. The fourth-order valence-corrected chi connectivity index (χ4v) is 5.00. The first kappa shape index (κ1) is 24.2. The van der Waals surface area contributed by atoms with Gasteiger partial charge in [-0.15, -0.1) is 0 Å². The molecule has 1 atom stereocenters. The van der Waals surface area contributed by atoms with Crippen molar-refractivity contribution in [3.63, 3.8) is 0 Å². The van der Waals surface area contributed by atoms with Gasteiger partial charge in [-0.3, -0.25) is 14.4 Å². The fraction of sp³-hybridized carbons (Fsp3) is 0.393. The first-order chi connectivity index (χ1) is 17.7. The standard InChI is InChI=1S/C28H33FN6O/c29-23-11-6-10-22(16-23)18-31-27(36)25-19-32-28(30-12-7-15-34-13-4-5-14-34)35-20-24(33-26(25)35)17-21-8-2-1-3-9-21/h1-3,6,8-11,16,19,24,33H,4-5,7,12-15,17-18,20H2,(H,31,36)/t24-/m0/s1. The number of anilines is 1. The van der Waals surface area contributed by atoms with Gasteiger partial charge in [-0.25, -0.2) is 9.37 Å². The Balaban J connectivity index is 1.33. The van der Waals surface area contributed by atoms with Gasteiger partial charge in [0.25, 0.3) is 5.91 Å². The zero-order valence-corrected chi connectivity index (χ0v) is 20.5. The Kier molecular flexibility index (Phi) is 7.71. The molecule has 2 N–H and O–H groups in total. The Labute approximate surface area is 211 Å². The minimum absolute atomic E-state index is 0.130. The van der Waals surface area contributed by atoms with Gasteiger partial charge in [0.1, 0.15) is 11.6 Å². The first-order valence-electron chi connectivity index (χ1n) is 12.8. The maximum atomic E-state index is 13.5. The second-order valence-electron chi connectivity index (χ2n) is 9.56. The third-order valence-corrected chi connectivity index (χ3v) is 6.82. The van der Waals surface area contributed by atoms with Crippen LogP contribution in [0.1, 0.15) is 40.7 Å². The SMILES string of the molecule is O=C(NCc1cccc(F)c1)c1cnc(=NCCCN2CCCC2)n2c1N[C@@H](Cc1ccccc1)C2. The number of hydrogen-bond donors (Lipinski definition) is 2. The van der Waals surface area contributed by atoms with Gasteiger partial charge in [-0.05, 0) is 68.6 Å². The average Bonchev–Trinajstić information content (AvgIpc) is 3.56. The molecule has 0 spiro atoms. The molecule has 0 unspecified atom stereocenters. The highest BCUT2D eigenvalue weighted by atomic mass is 19.1. The maximum Gasteiger partial charge on any atom is 0.256 e. The van der Waals surface area contributed by atoms with Crippen molar-refractivity contribution in [2.75, 3.05) is 31.5 Å². The smallest absolute Gasteiger partial charge is 0.256 e. The van der Waals surface area contributed by atoms with Crippen LogP contribution >= 0.6 is 0 Å². The molecule has 0 aliphatic carbocycles. The summed E-state index contributed by atoms with van der Waals surface area (Å²) >= 11 is 0. The number of fused-ring (bicyclic) bond motifs is 1. The number of nitrogens with zero attached hydrogens (tertiary/aromatic N) is 4. The summed E-state index contributed by atoms with van der Waals surface area (Å²) in [6, 6.07) is 16.7. The quantitative estimate of drug-likeness (QED) is 0.453. The molecule has 2 aromatic carbocycles. The summed E-state index contributed by atoms with van der Waals surface area (Å²) in [5.74, 6) is 0.172. The van der Waals surface area contributed by atoms with Crippen molar-refractivity contribution in [1.29, 1.82) is 0 Å². The normalized spacial score (nSPS) is 17.7. The van der Waals surface area contributed by atoms with Crippen LogP contribution in [-0.2, 0) is 19.5 Å². The van der Waals surface area contributed by atoms with Crippen LogP contribution in [0.25, 0.3) is 0 Å². The number of carbonyl (C=O) groups is 1. The summed E-state index contributed by atoms with van der Waals surface area (Å²) < 4.78 is 15.6. The lowest BCUT2D eigenvalue weighted by Gasteiger charge is -2.13. The molecule has 0 bridgehead atoms. The molecule has 8 heteroatoms. The number of aromatic nitrogens is 2. The van der Waals surface area contributed by atoms with E-state index in [9.17, 15) is 9.18 Å². The molecule has 1 aromatic heterocycles. The van der Waals surface area contributed by atoms with E-state index in [0.717, 1.165) is 25.2 Å². The van der Waals surface area contributed by atoms with Crippen LogP contribution in [0.15, 0.2) is 65.8 Å². The summed E-state index contributed by atoms with van der Waals surface area (Å²) in [7, 11) is 0. The van der Waals surface area contributed by atoms with Gasteiger partial charge in [0.2, 0.25) is 5.62 Å². The highest BCUT2D eigenvalue weighted by molar-refractivity contribution is 5.98. The number of carbonyl (C=O) groups excluding carboxylic acids is 1. The van der Waals surface area contributed by atoms with Crippen LogP contribution in [0, 0.1) is 5.82 Å². The predicted octanol–water partition coefficient (Wildman–Crippen LogP) is 3.38. The molecule has 5 rings (SSSR count). The number of rotatable bonds is 9. The molecule has 2 aliphatic heterocycles. The summed E-state index contributed by atoms with van der Waals surface area (Å²) in [4.78, 5) is 25.0. The predicted molar refractivity (Wildman–Crippen MR) is 138 cm³/mol. The van der Waals surface area contributed by atoms with Crippen LogP contribution < -0.4 is 16.3 Å². The number of halogens is 1. The number of hydrogen-bond acceptors (Lipinski definition) is 5. The van der Waals surface area contributed by atoms with E-state index in [0.29, 0.717) is 29.8 Å². The molecule has 7 nitrogen and oxygen atoms in total. The molecule has 3 heterocycles. The van der Waals surface area contributed by atoms with Gasteiger partial charge in [0.15, 0.2) is 0 Å². The maximum absolute atomic E-state index is 13.5. The Hall–Kier alpha value is -3.52. The topological polar surface area (TPSA) is 74.5 Å². The van der Waals surface area contributed by atoms with E-state index in [1.54, 1.807) is 18.3 Å². The Morgan fingerprint density at radius 1 is 1.11 bits per heavy atom. The summed E-state index contributed by atoms with van der Waals surface area (Å²) in [6.07, 6.45) is 6.01. The van der Waals surface area contributed by atoms with Crippen molar-refractivity contribution in [2.24, 2.45) is 4.99 Å². The van der Waals surface area contributed by atoms with E-state index in [4.69, 9.17) is 4.99 Å². The molecule has 1 amide bonds. The van der Waals surface area contributed by atoms with Gasteiger partial charge in [-0.1, -0.05) is 42.5 Å². The van der Waals surface area contributed by atoms with E-state index in [1.165, 1.54) is 43.6 Å². The summed E-state index contributed by atoms with van der Waals surface area (Å²) in [5, 5.41) is 6.45. The lowest BCUT2D eigenvalue weighted by atomic mass is 10.1. The van der Waals surface area contributed by atoms with Crippen LogP contribution in [0.3, 0.4) is 0 Å². The van der Waals surface area contributed by atoms with Gasteiger partial charge in [0, 0.05) is 31.9 Å². The van der Waals surface area contributed by atoms with Crippen LogP contribution in [0.4, 0.5) is 10.2 Å². The highest BCUT2D eigenvalue weighted by Crippen LogP contribution is 2.23. The molecule has 188 valence electrons. The second kappa shape index (κ2) is 11.5. The fourth-order valence-electron chi connectivity index (χ4n) is 5.00. The van der Waals surface area contributed by atoms with E-state index in [1.807, 2.05) is 22.8 Å². The molecule has 2 aliphatic rings. The summed E-state index contributed by atoms with van der Waals surface area (Å²) in [5.41, 5.74) is 3.06. The van der Waals surface area contributed by atoms with E-state index in [2.05, 4.69) is 32.7 Å². The lowest BCUT2D eigenvalue weighted by molar-refractivity contribution is 0.0950. The highest BCUT2D eigenvalue weighted by Gasteiger charge is 2.26. The van der Waals surface area contributed by atoms with Gasteiger partial charge in [-0.2, -0.15) is 0 Å². The molecular weight excluding hydrogens is 455 g/mol. The molecule has 0 saturated carbocycles. The molecule has 0 radical (unpaired) electrons. The minimum atomic E-state index is -0.319. The molecule has 1 fully saturated rings. The second-order valence-corrected chi connectivity index (χ2v) is 9.56. The zero-order valence-electron chi connectivity index (χ0n) is 20.5. The van der Waals surface area contributed by atoms with Crippen molar-refractivity contribution < 1.29 is 9.18 Å². The van der Waals surface area contributed by atoms with Gasteiger partial charge < -0.3 is 15.5 Å². The monoisotopic (exact) mass is 488 g/mol. The van der Waals surface area contributed by atoms with Gasteiger partial charge in [0.05, 0.1) is 5.56 Å².